The average molecular weight is 376 g/mol. The van der Waals surface area contributed by atoms with Gasteiger partial charge in [-0.3, -0.25) is 0 Å². The zero-order chi connectivity index (χ0) is 19.5. The van der Waals surface area contributed by atoms with Crippen molar-refractivity contribution in [2.75, 3.05) is 6.54 Å². The summed E-state index contributed by atoms with van der Waals surface area (Å²) in [6.45, 7) is 7.87. The molecule has 0 radical (unpaired) electrons. The van der Waals surface area contributed by atoms with Crippen LogP contribution in [0.25, 0.3) is 16.8 Å². The third kappa shape index (κ3) is 4.71. The zero-order valence-electron chi connectivity index (χ0n) is 15.3. The molecule has 2 aromatic rings. The van der Waals surface area contributed by atoms with Crippen molar-refractivity contribution in [3.8, 4) is 11.1 Å². The normalized spacial score (nSPS) is 14.2. The highest BCUT2D eigenvalue weighted by Gasteiger charge is 2.28. The average Bonchev–Trinajstić information content (AvgIpc) is 2.60. The van der Waals surface area contributed by atoms with Crippen LogP contribution in [-0.2, 0) is 15.7 Å². The maximum Gasteiger partial charge on any atom is 0.214 e. The number of rotatable bonds is 7. The van der Waals surface area contributed by atoms with E-state index in [2.05, 4.69) is 11.3 Å². The van der Waals surface area contributed by atoms with Crippen molar-refractivity contribution in [1.82, 2.24) is 4.72 Å². The van der Waals surface area contributed by atoms with Gasteiger partial charge in [0, 0.05) is 12.2 Å². The predicted octanol–water partition coefficient (Wildman–Crippen LogP) is 3.80. The van der Waals surface area contributed by atoms with Gasteiger partial charge in [0.1, 0.15) is 5.67 Å². The molecule has 140 valence electrons. The van der Waals surface area contributed by atoms with E-state index in [4.69, 9.17) is 5.73 Å². The van der Waals surface area contributed by atoms with Crippen molar-refractivity contribution >= 4 is 15.7 Å². The van der Waals surface area contributed by atoms with Gasteiger partial charge in [0.2, 0.25) is 10.0 Å². The molecule has 0 aliphatic carbocycles. The summed E-state index contributed by atoms with van der Waals surface area (Å²) in [5.74, 6) is 0. The molecule has 0 amide bonds. The summed E-state index contributed by atoms with van der Waals surface area (Å²) in [6, 6.07) is 14.6. The fourth-order valence-corrected chi connectivity index (χ4v) is 3.20. The van der Waals surface area contributed by atoms with Crippen LogP contribution in [0.2, 0.25) is 0 Å². The molecule has 2 rings (SSSR count). The Labute approximate surface area is 155 Å². The Morgan fingerprint density at radius 1 is 1.12 bits per heavy atom. The first-order valence-corrected chi connectivity index (χ1v) is 9.91. The van der Waals surface area contributed by atoms with Crippen LogP contribution in [0.15, 0.2) is 55.1 Å². The van der Waals surface area contributed by atoms with Crippen molar-refractivity contribution in [2.24, 2.45) is 5.73 Å². The highest BCUT2D eigenvalue weighted by atomic mass is 32.2. The maximum atomic E-state index is 14.9. The predicted molar refractivity (Wildman–Crippen MR) is 106 cm³/mol. The van der Waals surface area contributed by atoms with Crippen molar-refractivity contribution in [1.29, 1.82) is 0 Å². The fourth-order valence-electron chi connectivity index (χ4n) is 2.39. The van der Waals surface area contributed by atoms with Crippen LogP contribution >= 0.6 is 0 Å². The molecule has 4 nitrogen and oxygen atoms in total. The molecule has 6 heteroatoms. The molecule has 0 aromatic heterocycles. The van der Waals surface area contributed by atoms with Crippen molar-refractivity contribution in [3.05, 3.63) is 66.2 Å². The lowest BCUT2D eigenvalue weighted by Crippen LogP contribution is -2.39. The molecular weight excluding hydrogens is 351 g/mol. The SMILES string of the molecule is C=C(N)c1ccc(-c2ccc(C(C)(F)CNS(=O)(=O)C(C)C)cc2)cc1. The quantitative estimate of drug-likeness (QED) is 0.772. The molecule has 26 heavy (non-hydrogen) atoms. The number of sulfonamides is 1. The molecule has 0 spiro atoms. The van der Waals surface area contributed by atoms with Gasteiger partial charge >= 0.3 is 0 Å². The van der Waals surface area contributed by atoms with Crippen LogP contribution < -0.4 is 10.5 Å². The minimum absolute atomic E-state index is 0.305. The third-order valence-corrected chi connectivity index (χ3v) is 6.09. The Balaban J connectivity index is 2.16. The van der Waals surface area contributed by atoms with E-state index in [0.29, 0.717) is 11.3 Å². The first kappa shape index (κ1) is 20.1. The lowest BCUT2D eigenvalue weighted by Gasteiger charge is -2.22. The lowest BCUT2D eigenvalue weighted by atomic mass is 9.95. The number of nitrogens with two attached hydrogens (primary N) is 1. The Morgan fingerprint density at radius 3 is 2.00 bits per heavy atom. The van der Waals surface area contributed by atoms with Gasteiger partial charge < -0.3 is 5.73 Å². The molecule has 0 saturated carbocycles. The topological polar surface area (TPSA) is 72.2 Å². The fraction of sp³-hybridized carbons (Fsp3) is 0.300. The smallest absolute Gasteiger partial charge is 0.214 e. The molecule has 2 aromatic carbocycles. The molecule has 0 fully saturated rings. The number of hydrogen-bond donors (Lipinski definition) is 2. The summed E-state index contributed by atoms with van der Waals surface area (Å²) in [5, 5.41) is -0.603. The number of alkyl halides is 1. The second-order valence-corrected chi connectivity index (χ2v) is 9.11. The Bertz CT molecular complexity index is 871. The second-order valence-electron chi connectivity index (χ2n) is 6.79. The largest absolute Gasteiger partial charge is 0.399 e. The van der Waals surface area contributed by atoms with Crippen LogP contribution in [0.1, 0.15) is 31.9 Å². The van der Waals surface area contributed by atoms with E-state index in [9.17, 15) is 12.8 Å². The summed E-state index contributed by atoms with van der Waals surface area (Å²) in [4.78, 5) is 0. The molecule has 0 saturated heterocycles. The van der Waals surface area contributed by atoms with E-state index in [1.54, 1.807) is 26.0 Å². The van der Waals surface area contributed by atoms with Crippen LogP contribution in [0.4, 0.5) is 4.39 Å². The summed E-state index contributed by atoms with van der Waals surface area (Å²) in [6.07, 6.45) is 0. The van der Waals surface area contributed by atoms with Crippen LogP contribution in [0.5, 0.6) is 0 Å². The molecule has 1 unspecified atom stereocenters. The molecule has 0 aliphatic heterocycles. The van der Waals surface area contributed by atoms with E-state index in [1.165, 1.54) is 6.92 Å². The highest BCUT2D eigenvalue weighted by molar-refractivity contribution is 7.90. The number of halogens is 1. The van der Waals surface area contributed by atoms with E-state index in [-0.39, 0.29) is 6.54 Å². The standard InChI is InChI=1S/C20H25FN2O2S/c1-14(2)26(24,25)23-13-20(4,21)19-11-9-18(10-12-19)17-7-5-16(6-8-17)15(3)22/h5-12,14,23H,3,13,22H2,1-2,4H3. The summed E-state index contributed by atoms with van der Waals surface area (Å²) in [5.41, 5.74) is 7.55. The monoisotopic (exact) mass is 376 g/mol. The molecular formula is C20H25FN2O2S. The first-order chi connectivity index (χ1) is 12.0. The molecule has 0 heterocycles. The number of hydrogen-bond acceptors (Lipinski definition) is 3. The van der Waals surface area contributed by atoms with Crippen LogP contribution in [0.3, 0.4) is 0 Å². The molecule has 0 bridgehead atoms. The number of nitrogens with one attached hydrogen (secondary N) is 1. The van der Waals surface area contributed by atoms with E-state index in [0.717, 1.165) is 16.7 Å². The van der Waals surface area contributed by atoms with E-state index >= 15 is 0 Å². The molecule has 3 N–H and O–H groups in total. The van der Waals surface area contributed by atoms with E-state index < -0.39 is 20.9 Å². The van der Waals surface area contributed by atoms with Crippen molar-refractivity contribution in [3.63, 3.8) is 0 Å². The van der Waals surface area contributed by atoms with Gasteiger partial charge in [-0.25, -0.2) is 17.5 Å². The van der Waals surface area contributed by atoms with Gasteiger partial charge in [-0.15, -0.1) is 0 Å². The van der Waals surface area contributed by atoms with Crippen LogP contribution in [-0.4, -0.2) is 20.2 Å². The minimum atomic E-state index is -3.51. The number of benzene rings is 2. The van der Waals surface area contributed by atoms with Gasteiger partial charge in [-0.1, -0.05) is 55.1 Å². The molecule has 1 atom stereocenters. The first-order valence-electron chi connectivity index (χ1n) is 8.36. The van der Waals surface area contributed by atoms with Gasteiger partial charge in [0.05, 0.1) is 5.25 Å². The minimum Gasteiger partial charge on any atom is -0.399 e. The maximum absolute atomic E-state index is 14.9. The lowest BCUT2D eigenvalue weighted by molar-refractivity contribution is 0.196. The Kier molecular flexibility index (Phi) is 5.88. The van der Waals surface area contributed by atoms with Gasteiger partial charge in [-0.2, -0.15) is 0 Å². The molecule has 0 aliphatic rings. The Morgan fingerprint density at radius 2 is 1.58 bits per heavy atom. The summed E-state index contributed by atoms with van der Waals surface area (Å²) >= 11 is 0. The summed E-state index contributed by atoms with van der Waals surface area (Å²) in [7, 11) is -3.51. The third-order valence-electron chi connectivity index (χ3n) is 4.30. The zero-order valence-corrected chi connectivity index (χ0v) is 16.1. The van der Waals surface area contributed by atoms with Gasteiger partial charge in [0.15, 0.2) is 0 Å². The summed E-state index contributed by atoms with van der Waals surface area (Å²) < 4.78 is 40.9. The van der Waals surface area contributed by atoms with Crippen molar-refractivity contribution in [2.45, 2.75) is 31.7 Å². The van der Waals surface area contributed by atoms with Gasteiger partial charge in [-0.05, 0) is 43.0 Å². The van der Waals surface area contributed by atoms with Crippen LogP contribution in [0, 0.1) is 0 Å². The van der Waals surface area contributed by atoms with Gasteiger partial charge in [0.25, 0.3) is 0 Å². The van der Waals surface area contributed by atoms with Crippen molar-refractivity contribution < 1.29 is 12.8 Å². The highest BCUT2D eigenvalue weighted by Crippen LogP contribution is 2.28. The Hall–Kier alpha value is -2.18. The van der Waals surface area contributed by atoms with E-state index in [1.807, 2.05) is 36.4 Å². The second kappa shape index (κ2) is 7.60.